The van der Waals surface area contributed by atoms with E-state index in [1.165, 1.54) is 18.3 Å². The molecule has 2 aromatic carbocycles. The number of fused-ring (bicyclic) bond motifs is 1. The van der Waals surface area contributed by atoms with Gasteiger partial charge in [0.2, 0.25) is 0 Å². The number of halogens is 2. The van der Waals surface area contributed by atoms with E-state index in [4.69, 9.17) is 21.1 Å². The van der Waals surface area contributed by atoms with Crippen LogP contribution >= 0.6 is 11.6 Å². The van der Waals surface area contributed by atoms with Gasteiger partial charge in [-0.1, -0.05) is 11.6 Å². The highest BCUT2D eigenvalue weighted by Gasteiger charge is 2.09. The highest BCUT2D eigenvalue weighted by molar-refractivity contribution is 6.30. The zero-order valence-corrected chi connectivity index (χ0v) is 14.2. The van der Waals surface area contributed by atoms with Gasteiger partial charge in [-0.15, -0.1) is 0 Å². The Balaban J connectivity index is 1.77. The zero-order chi connectivity index (χ0) is 17.8. The lowest BCUT2D eigenvalue weighted by atomic mass is 10.1. The number of aromatic nitrogens is 1. The molecular weight excluding hydrogens is 345 g/mol. The van der Waals surface area contributed by atoms with E-state index in [0.29, 0.717) is 34.0 Å². The predicted octanol–water partition coefficient (Wildman–Crippen LogP) is 4.78. The Morgan fingerprint density at radius 1 is 1.20 bits per heavy atom. The van der Waals surface area contributed by atoms with Crippen LogP contribution in [0.1, 0.15) is 22.8 Å². The summed E-state index contributed by atoms with van der Waals surface area (Å²) in [7, 11) is 0. The second-order valence-electron chi connectivity index (χ2n) is 5.37. The van der Waals surface area contributed by atoms with Gasteiger partial charge in [0.1, 0.15) is 18.2 Å². The van der Waals surface area contributed by atoms with E-state index >= 15 is 0 Å². The number of benzene rings is 2. The predicted molar refractivity (Wildman–Crippen MR) is 93.4 cm³/mol. The largest absolute Gasteiger partial charge is 0.489 e. The van der Waals surface area contributed by atoms with Crippen LogP contribution in [0, 0.1) is 5.82 Å². The zero-order valence-electron chi connectivity index (χ0n) is 13.5. The molecular formula is C19H15ClFNO3. The van der Waals surface area contributed by atoms with Gasteiger partial charge in [-0.25, -0.2) is 9.18 Å². The Bertz CT molecular complexity index is 909. The van der Waals surface area contributed by atoms with Gasteiger partial charge >= 0.3 is 5.97 Å². The Hall–Kier alpha value is -2.66. The van der Waals surface area contributed by atoms with Crippen LogP contribution in [0.15, 0.2) is 48.7 Å². The molecule has 0 spiro atoms. The van der Waals surface area contributed by atoms with Crippen molar-refractivity contribution in [1.82, 2.24) is 4.98 Å². The molecule has 0 radical (unpaired) electrons. The highest BCUT2D eigenvalue weighted by Crippen LogP contribution is 2.22. The topological polar surface area (TPSA) is 48.4 Å². The Morgan fingerprint density at radius 3 is 2.80 bits per heavy atom. The molecule has 0 saturated heterocycles. The van der Waals surface area contributed by atoms with Crippen molar-refractivity contribution in [2.24, 2.45) is 0 Å². The van der Waals surface area contributed by atoms with Crippen LogP contribution in [-0.4, -0.2) is 17.6 Å². The van der Waals surface area contributed by atoms with Crippen molar-refractivity contribution in [2.75, 3.05) is 6.61 Å². The number of ether oxygens (including phenoxy) is 2. The van der Waals surface area contributed by atoms with Crippen LogP contribution in [0.4, 0.5) is 4.39 Å². The minimum atomic E-state index is -0.405. The van der Waals surface area contributed by atoms with Gasteiger partial charge in [-0.3, -0.25) is 4.98 Å². The molecule has 0 aliphatic heterocycles. The van der Waals surface area contributed by atoms with Gasteiger partial charge in [-0.05, 0) is 48.9 Å². The maximum absolute atomic E-state index is 13.3. The molecule has 0 aliphatic carbocycles. The number of rotatable bonds is 5. The lowest BCUT2D eigenvalue weighted by Gasteiger charge is -2.08. The molecule has 3 rings (SSSR count). The van der Waals surface area contributed by atoms with Crippen molar-refractivity contribution in [1.29, 1.82) is 0 Å². The van der Waals surface area contributed by atoms with Gasteiger partial charge in [0.25, 0.3) is 0 Å². The number of carbonyl (C=O) groups excluding carboxylic acids is 1. The number of carbonyl (C=O) groups is 1. The van der Waals surface area contributed by atoms with Crippen molar-refractivity contribution in [3.63, 3.8) is 0 Å². The third-order valence-corrected chi connectivity index (χ3v) is 3.71. The molecule has 0 bridgehead atoms. The van der Waals surface area contributed by atoms with Crippen LogP contribution in [0.25, 0.3) is 10.9 Å². The van der Waals surface area contributed by atoms with E-state index in [-0.39, 0.29) is 6.61 Å². The fourth-order valence-corrected chi connectivity index (χ4v) is 2.62. The molecule has 0 N–H and O–H groups in total. The Labute approximate surface area is 149 Å². The van der Waals surface area contributed by atoms with Crippen LogP contribution in [0.3, 0.4) is 0 Å². The van der Waals surface area contributed by atoms with Crippen molar-refractivity contribution in [3.8, 4) is 5.75 Å². The molecule has 128 valence electrons. The Morgan fingerprint density at radius 2 is 2.04 bits per heavy atom. The molecule has 3 aromatic rings. The molecule has 1 aromatic heterocycles. The van der Waals surface area contributed by atoms with E-state index in [0.717, 1.165) is 5.39 Å². The summed E-state index contributed by atoms with van der Waals surface area (Å²) in [6.45, 7) is 2.25. The smallest absolute Gasteiger partial charge is 0.339 e. The number of hydrogen-bond donors (Lipinski definition) is 0. The molecule has 6 heteroatoms. The summed E-state index contributed by atoms with van der Waals surface area (Å²) in [5.41, 5.74) is 1.72. The van der Waals surface area contributed by atoms with Crippen LogP contribution in [-0.2, 0) is 11.3 Å². The molecule has 0 atom stereocenters. The first-order chi connectivity index (χ1) is 12.0. The third kappa shape index (κ3) is 4.25. The summed E-state index contributed by atoms with van der Waals surface area (Å²) in [6, 6.07) is 11.3. The highest BCUT2D eigenvalue weighted by atomic mass is 35.5. The lowest BCUT2D eigenvalue weighted by Crippen LogP contribution is -2.05. The maximum atomic E-state index is 13.3. The van der Waals surface area contributed by atoms with Gasteiger partial charge in [0, 0.05) is 22.7 Å². The van der Waals surface area contributed by atoms with Crippen LogP contribution < -0.4 is 4.74 Å². The molecule has 1 heterocycles. The van der Waals surface area contributed by atoms with E-state index in [9.17, 15) is 9.18 Å². The van der Waals surface area contributed by atoms with Crippen molar-refractivity contribution < 1.29 is 18.7 Å². The summed E-state index contributed by atoms with van der Waals surface area (Å²) < 4.78 is 24.0. The van der Waals surface area contributed by atoms with E-state index in [2.05, 4.69) is 4.98 Å². The van der Waals surface area contributed by atoms with Crippen LogP contribution in [0.5, 0.6) is 5.75 Å². The summed E-state index contributed by atoms with van der Waals surface area (Å²) in [5.74, 6) is -0.220. The van der Waals surface area contributed by atoms with Gasteiger partial charge in [-0.2, -0.15) is 0 Å². The molecule has 0 fully saturated rings. The first-order valence-corrected chi connectivity index (χ1v) is 8.07. The molecule has 25 heavy (non-hydrogen) atoms. The summed E-state index contributed by atoms with van der Waals surface area (Å²) >= 11 is 5.83. The molecule has 4 nitrogen and oxygen atoms in total. The van der Waals surface area contributed by atoms with E-state index in [1.54, 1.807) is 37.3 Å². The number of nitrogens with zero attached hydrogens (tertiary/aromatic N) is 1. The van der Waals surface area contributed by atoms with E-state index in [1.807, 2.05) is 0 Å². The summed E-state index contributed by atoms with van der Waals surface area (Å²) in [6.07, 6.45) is 1.47. The number of esters is 1. The summed E-state index contributed by atoms with van der Waals surface area (Å²) in [5, 5.41) is 1.12. The minimum Gasteiger partial charge on any atom is -0.489 e. The van der Waals surface area contributed by atoms with Crippen molar-refractivity contribution >= 4 is 28.5 Å². The van der Waals surface area contributed by atoms with Gasteiger partial charge in [0.15, 0.2) is 0 Å². The third-order valence-electron chi connectivity index (χ3n) is 3.49. The maximum Gasteiger partial charge on any atom is 0.339 e. The van der Waals surface area contributed by atoms with Crippen molar-refractivity contribution in [2.45, 2.75) is 13.5 Å². The fourth-order valence-electron chi connectivity index (χ4n) is 2.38. The second kappa shape index (κ2) is 7.49. The normalized spacial score (nSPS) is 10.7. The van der Waals surface area contributed by atoms with Crippen LogP contribution in [0.2, 0.25) is 5.02 Å². The monoisotopic (exact) mass is 359 g/mol. The van der Waals surface area contributed by atoms with Gasteiger partial charge in [0.05, 0.1) is 17.7 Å². The fraction of sp³-hybridized carbons (Fsp3) is 0.158. The van der Waals surface area contributed by atoms with Crippen molar-refractivity contribution in [3.05, 3.63) is 70.6 Å². The standard InChI is InChI=1S/C19H15ClFNO3/c1-2-24-19(23)14-7-13-3-4-17(9-18(13)22-10-14)25-11-12-5-15(20)8-16(21)6-12/h3-10H,2,11H2,1H3. The quantitative estimate of drug-likeness (QED) is 0.615. The second-order valence-corrected chi connectivity index (χ2v) is 5.80. The number of pyridine rings is 1. The first-order valence-electron chi connectivity index (χ1n) is 7.70. The molecule has 0 saturated carbocycles. The molecule has 0 amide bonds. The summed E-state index contributed by atoms with van der Waals surface area (Å²) in [4.78, 5) is 16.0. The SMILES string of the molecule is CCOC(=O)c1cnc2cc(OCc3cc(F)cc(Cl)c3)ccc2c1. The van der Waals surface area contributed by atoms with Gasteiger partial charge < -0.3 is 9.47 Å². The number of hydrogen-bond acceptors (Lipinski definition) is 4. The first kappa shape index (κ1) is 17.2. The molecule has 0 unspecified atom stereocenters. The average Bonchev–Trinajstić information content (AvgIpc) is 2.59. The van der Waals surface area contributed by atoms with E-state index < -0.39 is 11.8 Å². The minimum absolute atomic E-state index is 0.184. The molecule has 0 aliphatic rings. The Kier molecular flexibility index (Phi) is 5.14. The lowest BCUT2D eigenvalue weighted by molar-refractivity contribution is 0.0526. The average molecular weight is 360 g/mol.